The van der Waals surface area contributed by atoms with E-state index in [4.69, 9.17) is 4.74 Å². The molecule has 0 saturated heterocycles. The molecular formula is C23H36NNaO4. The number of unbranched alkanes of at least 4 members (excludes halogenated alkanes) is 6. The van der Waals surface area contributed by atoms with Crippen molar-refractivity contribution in [3.8, 4) is 0 Å². The van der Waals surface area contributed by atoms with E-state index in [1.54, 1.807) is 12.1 Å². The fourth-order valence-corrected chi connectivity index (χ4v) is 3.07. The second-order valence-corrected chi connectivity index (χ2v) is 7.71. The minimum Gasteiger partial charge on any atom is -0.545 e. The third kappa shape index (κ3) is 13.9. The van der Waals surface area contributed by atoms with Crippen molar-refractivity contribution in [1.82, 2.24) is 5.32 Å². The van der Waals surface area contributed by atoms with Gasteiger partial charge in [-0.05, 0) is 24.8 Å². The molecule has 0 spiro atoms. The number of hydrogen-bond acceptors (Lipinski definition) is 4. The van der Waals surface area contributed by atoms with Crippen LogP contribution in [0.1, 0.15) is 92.4 Å². The van der Waals surface area contributed by atoms with Gasteiger partial charge in [0.25, 0.3) is 5.91 Å². The van der Waals surface area contributed by atoms with E-state index >= 15 is 0 Å². The maximum atomic E-state index is 12.1. The molecular weight excluding hydrogens is 377 g/mol. The van der Waals surface area contributed by atoms with Crippen LogP contribution in [0.2, 0.25) is 0 Å². The molecule has 0 aliphatic carbocycles. The zero-order chi connectivity index (χ0) is 20.6. The number of aromatic carboxylic acids is 1. The minimum absolute atomic E-state index is 0. The molecule has 0 aliphatic rings. The van der Waals surface area contributed by atoms with Gasteiger partial charge in [0.15, 0.2) is 0 Å². The predicted octanol–water partition coefficient (Wildman–Crippen LogP) is 0.967. The third-order valence-electron chi connectivity index (χ3n) is 4.71. The number of nitrogens with one attached hydrogen (secondary N) is 1. The fraction of sp³-hybridized carbons (Fsp3) is 0.652. The first kappa shape index (κ1) is 28.1. The Labute approximate surface area is 198 Å². The summed E-state index contributed by atoms with van der Waals surface area (Å²) >= 11 is 0. The summed E-state index contributed by atoms with van der Waals surface area (Å²) in [5.74, 6) is -0.916. The molecule has 0 heterocycles. The molecule has 0 radical (unpaired) electrons. The van der Waals surface area contributed by atoms with Crippen LogP contribution in [-0.4, -0.2) is 31.6 Å². The van der Waals surface area contributed by atoms with Crippen molar-refractivity contribution in [2.45, 2.75) is 71.6 Å². The first-order valence-corrected chi connectivity index (χ1v) is 10.7. The van der Waals surface area contributed by atoms with Crippen molar-refractivity contribution >= 4 is 11.9 Å². The zero-order valence-corrected chi connectivity index (χ0v) is 20.5. The van der Waals surface area contributed by atoms with Gasteiger partial charge in [-0.25, -0.2) is 0 Å². The summed E-state index contributed by atoms with van der Waals surface area (Å²) in [5.41, 5.74) is 0.0452. The van der Waals surface area contributed by atoms with E-state index in [1.807, 2.05) is 0 Å². The Morgan fingerprint density at radius 2 is 1.45 bits per heavy atom. The van der Waals surface area contributed by atoms with Crippen molar-refractivity contribution in [2.75, 3.05) is 19.8 Å². The average Bonchev–Trinajstić information content (AvgIpc) is 2.67. The van der Waals surface area contributed by atoms with E-state index in [1.165, 1.54) is 57.1 Å². The van der Waals surface area contributed by atoms with Crippen LogP contribution in [0.15, 0.2) is 24.3 Å². The largest absolute Gasteiger partial charge is 1.00 e. The van der Waals surface area contributed by atoms with E-state index in [2.05, 4.69) is 19.2 Å². The molecule has 0 unspecified atom stereocenters. The fourth-order valence-electron chi connectivity index (χ4n) is 3.07. The molecule has 0 saturated carbocycles. The number of carboxylic acid groups (broad SMARTS) is 1. The van der Waals surface area contributed by atoms with Crippen LogP contribution >= 0.6 is 0 Å². The predicted molar refractivity (Wildman–Crippen MR) is 110 cm³/mol. The topological polar surface area (TPSA) is 78.5 Å². The van der Waals surface area contributed by atoms with E-state index in [-0.39, 0.29) is 40.7 Å². The van der Waals surface area contributed by atoms with Crippen molar-refractivity contribution in [3.63, 3.8) is 0 Å². The maximum Gasteiger partial charge on any atom is 1.00 e. The minimum atomic E-state index is -1.34. The van der Waals surface area contributed by atoms with Crippen molar-refractivity contribution < 1.29 is 49.0 Å². The quantitative estimate of drug-likeness (QED) is 0.324. The molecule has 1 amide bonds. The first-order valence-electron chi connectivity index (χ1n) is 10.7. The molecule has 1 N–H and O–H groups in total. The number of carbonyl (C=O) groups excluding carboxylic acids is 2. The molecule has 1 rings (SSSR count). The SMILES string of the molecule is CC(C)CCCCCCCCCOCCCNC(=O)c1ccccc1C(=O)[O-].[Na+]. The van der Waals surface area contributed by atoms with E-state index in [0.29, 0.717) is 19.6 Å². The van der Waals surface area contributed by atoms with Crippen molar-refractivity contribution in [3.05, 3.63) is 35.4 Å². The van der Waals surface area contributed by atoms with Crippen molar-refractivity contribution in [2.24, 2.45) is 5.92 Å². The van der Waals surface area contributed by atoms with Crippen LogP contribution in [0.25, 0.3) is 0 Å². The second kappa shape index (κ2) is 17.9. The van der Waals surface area contributed by atoms with Gasteiger partial charge >= 0.3 is 29.6 Å². The Balaban J connectivity index is 0.00000784. The molecule has 1 aromatic rings. The van der Waals surface area contributed by atoms with Crippen LogP contribution in [-0.2, 0) is 4.74 Å². The van der Waals surface area contributed by atoms with Gasteiger partial charge in [0.1, 0.15) is 0 Å². The summed E-state index contributed by atoms with van der Waals surface area (Å²) in [6, 6.07) is 6.07. The summed E-state index contributed by atoms with van der Waals surface area (Å²) in [5, 5.41) is 13.8. The Bertz CT molecular complexity index is 578. The zero-order valence-electron chi connectivity index (χ0n) is 18.5. The van der Waals surface area contributed by atoms with E-state index in [0.717, 1.165) is 18.9 Å². The number of hydrogen-bond donors (Lipinski definition) is 1. The normalized spacial score (nSPS) is 10.6. The molecule has 0 fully saturated rings. The van der Waals surface area contributed by atoms with Gasteiger partial charge in [-0.2, -0.15) is 0 Å². The van der Waals surface area contributed by atoms with Gasteiger partial charge in [-0.15, -0.1) is 0 Å². The standard InChI is InChI=1S/C23H37NO4.Na/c1-19(2)13-8-6-4-3-5-7-11-17-28-18-12-16-24-22(25)20-14-9-10-15-21(20)23(26)27;/h9-10,14-15,19H,3-8,11-13,16-18H2,1-2H3,(H,24,25)(H,26,27);/q;+1/p-1. The van der Waals surface area contributed by atoms with Gasteiger partial charge in [0.2, 0.25) is 0 Å². The summed E-state index contributed by atoms with van der Waals surface area (Å²) < 4.78 is 5.60. The van der Waals surface area contributed by atoms with Gasteiger partial charge in [0.05, 0.1) is 5.97 Å². The number of ether oxygens (including phenoxy) is 1. The third-order valence-corrected chi connectivity index (χ3v) is 4.71. The molecule has 1 aromatic carbocycles. The van der Waals surface area contributed by atoms with Crippen LogP contribution in [0.4, 0.5) is 0 Å². The molecule has 5 nitrogen and oxygen atoms in total. The van der Waals surface area contributed by atoms with Gasteiger partial charge in [0, 0.05) is 30.9 Å². The Morgan fingerprint density at radius 1 is 0.897 bits per heavy atom. The summed E-state index contributed by atoms with van der Waals surface area (Å²) in [4.78, 5) is 23.1. The Morgan fingerprint density at radius 3 is 2.07 bits per heavy atom. The molecule has 0 atom stereocenters. The van der Waals surface area contributed by atoms with E-state index < -0.39 is 11.9 Å². The second-order valence-electron chi connectivity index (χ2n) is 7.71. The van der Waals surface area contributed by atoms with Gasteiger partial charge in [-0.3, -0.25) is 4.79 Å². The molecule has 0 bridgehead atoms. The number of carbonyl (C=O) groups is 2. The molecule has 158 valence electrons. The van der Waals surface area contributed by atoms with Crippen LogP contribution in [0.5, 0.6) is 0 Å². The van der Waals surface area contributed by atoms with Crippen molar-refractivity contribution in [1.29, 1.82) is 0 Å². The molecule has 6 heteroatoms. The van der Waals surface area contributed by atoms with Crippen LogP contribution < -0.4 is 40.0 Å². The Hall–Kier alpha value is -0.880. The number of carboxylic acids is 1. The Kier molecular flexibility index (Phi) is 17.4. The molecule has 29 heavy (non-hydrogen) atoms. The number of rotatable bonds is 16. The first-order chi connectivity index (χ1) is 13.5. The smallest absolute Gasteiger partial charge is 0.545 e. The monoisotopic (exact) mass is 413 g/mol. The van der Waals surface area contributed by atoms with Crippen LogP contribution in [0.3, 0.4) is 0 Å². The number of benzene rings is 1. The number of amides is 1. The maximum absolute atomic E-state index is 12.1. The molecule has 0 aromatic heterocycles. The summed E-state index contributed by atoms with van der Waals surface area (Å²) in [6.07, 6.45) is 11.0. The van der Waals surface area contributed by atoms with Gasteiger partial charge in [-0.1, -0.05) is 77.0 Å². The van der Waals surface area contributed by atoms with Crippen LogP contribution in [0, 0.1) is 5.92 Å². The van der Waals surface area contributed by atoms with E-state index in [9.17, 15) is 14.7 Å². The summed E-state index contributed by atoms with van der Waals surface area (Å²) in [7, 11) is 0. The summed E-state index contributed by atoms with van der Waals surface area (Å²) in [6.45, 7) is 6.37. The average molecular weight is 414 g/mol. The van der Waals surface area contributed by atoms with Gasteiger partial charge < -0.3 is 20.0 Å². The molecule has 0 aliphatic heterocycles.